The minimum atomic E-state index is -0.289. The minimum Gasteiger partial charge on any atom is -0.352 e. The molecule has 4 rings (SSSR count). The van der Waals surface area contributed by atoms with E-state index in [9.17, 15) is 9.59 Å². The van der Waals surface area contributed by atoms with Crippen molar-refractivity contribution in [2.24, 2.45) is 11.3 Å². The van der Waals surface area contributed by atoms with Crippen molar-refractivity contribution in [2.45, 2.75) is 32.7 Å². The number of amides is 3. The lowest BCUT2D eigenvalue weighted by molar-refractivity contribution is -0.123. The quantitative estimate of drug-likeness (QED) is 0.627. The van der Waals surface area contributed by atoms with Gasteiger partial charge in [-0.15, -0.1) is 0 Å². The number of benzene rings is 2. The Kier molecular flexibility index (Phi) is 5.53. The number of hydrogen-bond donors (Lipinski definition) is 4. The number of nitrogens with one attached hydrogen (secondary N) is 4. The second-order valence-electron chi connectivity index (χ2n) is 8.24. The second-order valence-corrected chi connectivity index (χ2v) is 8.24. The predicted molar refractivity (Wildman–Crippen MR) is 115 cm³/mol. The smallest absolute Gasteiger partial charge is 0.323 e. The average molecular weight is 393 g/mol. The molecule has 6 nitrogen and oxygen atoms in total. The predicted octanol–water partition coefficient (Wildman–Crippen LogP) is 3.64. The fourth-order valence-electron chi connectivity index (χ4n) is 4.28. The molecule has 1 spiro atoms. The van der Waals surface area contributed by atoms with Crippen LogP contribution in [0.4, 0.5) is 16.2 Å². The minimum absolute atomic E-state index is 0.155. The number of urea groups is 1. The molecule has 2 aliphatic rings. The van der Waals surface area contributed by atoms with E-state index in [1.165, 1.54) is 0 Å². The molecule has 3 amide bonds. The molecule has 0 radical (unpaired) electrons. The highest BCUT2D eigenvalue weighted by atomic mass is 16.2. The Bertz CT molecular complexity index is 905. The molecule has 1 heterocycles. The first kappa shape index (κ1) is 19.5. The lowest BCUT2D eigenvalue weighted by atomic mass is 9.92. The van der Waals surface area contributed by atoms with Crippen molar-refractivity contribution in [3.05, 3.63) is 59.7 Å². The zero-order chi connectivity index (χ0) is 20.3. The van der Waals surface area contributed by atoms with Gasteiger partial charge in [0.1, 0.15) is 0 Å². The van der Waals surface area contributed by atoms with Crippen molar-refractivity contribution in [2.75, 3.05) is 23.7 Å². The first-order valence-corrected chi connectivity index (χ1v) is 10.3. The van der Waals surface area contributed by atoms with Gasteiger partial charge < -0.3 is 21.3 Å². The van der Waals surface area contributed by atoms with E-state index in [0.29, 0.717) is 12.2 Å². The number of hydrogen-bond acceptors (Lipinski definition) is 3. The maximum Gasteiger partial charge on any atom is 0.323 e. The second kappa shape index (κ2) is 8.25. The van der Waals surface area contributed by atoms with Crippen LogP contribution in [0.1, 0.15) is 30.4 Å². The molecule has 6 heteroatoms. The Morgan fingerprint density at radius 1 is 1.03 bits per heavy atom. The summed E-state index contributed by atoms with van der Waals surface area (Å²) < 4.78 is 0. The number of piperidine rings is 1. The lowest BCUT2D eigenvalue weighted by Gasteiger charge is -2.23. The van der Waals surface area contributed by atoms with Crippen molar-refractivity contribution in [1.82, 2.24) is 10.6 Å². The van der Waals surface area contributed by atoms with Crippen LogP contribution in [0.15, 0.2) is 48.5 Å². The molecule has 1 aliphatic heterocycles. The van der Waals surface area contributed by atoms with Gasteiger partial charge >= 0.3 is 6.03 Å². The number of rotatable bonds is 5. The molecule has 29 heavy (non-hydrogen) atoms. The summed E-state index contributed by atoms with van der Waals surface area (Å²) in [5.74, 6) is 0.313. The molecule has 152 valence electrons. The van der Waals surface area contributed by atoms with Crippen LogP contribution in [-0.2, 0) is 11.3 Å². The summed E-state index contributed by atoms with van der Waals surface area (Å²) in [6.07, 6.45) is 3.21. The molecule has 2 aromatic rings. The molecule has 1 saturated carbocycles. The van der Waals surface area contributed by atoms with Crippen molar-refractivity contribution >= 4 is 23.3 Å². The Morgan fingerprint density at radius 3 is 2.45 bits per heavy atom. The normalized spacial score (nSPS) is 19.4. The van der Waals surface area contributed by atoms with E-state index in [1.54, 1.807) is 0 Å². The van der Waals surface area contributed by atoms with Crippen LogP contribution in [0.5, 0.6) is 0 Å². The summed E-state index contributed by atoms with van der Waals surface area (Å²) >= 11 is 0. The van der Waals surface area contributed by atoms with Gasteiger partial charge in [-0.3, -0.25) is 4.79 Å². The Hall–Kier alpha value is -2.86. The van der Waals surface area contributed by atoms with E-state index in [0.717, 1.165) is 49.2 Å². The summed E-state index contributed by atoms with van der Waals surface area (Å²) in [7, 11) is 0. The van der Waals surface area contributed by atoms with E-state index in [4.69, 9.17) is 0 Å². The van der Waals surface area contributed by atoms with Crippen LogP contribution < -0.4 is 21.3 Å². The van der Waals surface area contributed by atoms with Crippen molar-refractivity contribution in [1.29, 1.82) is 0 Å². The maximum absolute atomic E-state index is 12.5. The van der Waals surface area contributed by atoms with Crippen LogP contribution in [0, 0.1) is 18.3 Å². The van der Waals surface area contributed by atoms with E-state index >= 15 is 0 Å². The van der Waals surface area contributed by atoms with E-state index < -0.39 is 0 Å². The highest BCUT2D eigenvalue weighted by Crippen LogP contribution is 2.58. The lowest BCUT2D eigenvalue weighted by Crippen LogP contribution is -2.33. The van der Waals surface area contributed by atoms with Crippen molar-refractivity contribution < 1.29 is 9.59 Å². The number of carbonyl (C=O) groups excluding carboxylic acids is 2. The van der Waals surface area contributed by atoms with Gasteiger partial charge in [-0.25, -0.2) is 4.79 Å². The Labute approximate surface area is 171 Å². The van der Waals surface area contributed by atoms with Crippen molar-refractivity contribution in [3.8, 4) is 0 Å². The molecular weight excluding hydrogens is 364 g/mol. The van der Waals surface area contributed by atoms with Crippen molar-refractivity contribution in [3.63, 3.8) is 0 Å². The molecular formula is C23H28N4O2. The monoisotopic (exact) mass is 392 g/mol. The number of anilines is 2. The van der Waals surface area contributed by atoms with Gasteiger partial charge in [-0.1, -0.05) is 24.3 Å². The summed E-state index contributed by atoms with van der Waals surface area (Å²) in [5.41, 5.74) is 3.74. The van der Waals surface area contributed by atoms with Crippen LogP contribution in [-0.4, -0.2) is 25.0 Å². The van der Waals surface area contributed by atoms with Gasteiger partial charge in [0, 0.05) is 23.8 Å². The molecule has 4 N–H and O–H groups in total. The molecule has 0 bridgehead atoms. The van der Waals surface area contributed by atoms with E-state index in [2.05, 4.69) is 21.3 Å². The van der Waals surface area contributed by atoms with Gasteiger partial charge in [-0.2, -0.15) is 0 Å². The van der Waals surface area contributed by atoms with E-state index in [1.807, 2.05) is 55.5 Å². The van der Waals surface area contributed by atoms with Crippen LogP contribution in [0.25, 0.3) is 0 Å². The number of aryl methyl sites for hydroxylation is 1. The van der Waals surface area contributed by atoms with Crippen LogP contribution in [0.3, 0.4) is 0 Å². The highest BCUT2D eigenvalue weighted by molar-refractivity contribution is 5.99. The standard InChI is InChI=1S/C23H28N4O2/c1-16-4-2-6-18(12-16)26-22(29)27-19-7-3-5-17(13-19)15-25-21(28)20-14-23(20)8-10-24-11-9-23/h2-7,12-13,20,24H,8-11,14-15H2,1H3,(H,25,28)(H2,26,27,29). The molecule has 1 atom stereocenters. The molecule has 2 aromatic carbocycles. The topological polar surface area (TPSA) is 82.3 Å². The Balaban J connectivity index is 1.28. The largest absolute Gasteiger partial charge is 0.352 e. The summed E-state index contributed by atoms with van der Waals surface area (Å²) in [5, 5.41) is 12.1. The first-order chi connectivity index (χ1) is 14.0. The fourth-order valence-corrected chi connectivity index (χ4v) is 4.28. The van der Waals surface area contributed by atoms with Gasteiger partial charge in [0.2, 0.25) is 5.91 Å². The first-order valence-electron chi connectivity index (χ1n) is 10.3. The summed E-state index contributed by atoms with van der Waals surface area (Å²) in [6.45, 7) is 4.48. The molecule has 2 fully saturated rings. The zero-order valence-corrected chi connectivity index (χ0v) is 16.8. The third-order valence-corrected chi connectivity index (χ3v) is 6.03. The maximum atomic E-state index is 12.5. The molecule has 1 unspecified atom stereocenters. The zero-order valence-electron chi connectivity index (χ0n) is 16.8. The molecule has 1 aliphatic carbocycles. The van der Waals surface area contributed by atoms with E-state index in [-0.39, 0.29) is 23.3 Å². The summed E-state index contributed by atoms with van der Waals surface area (Å²) in [4.78, 5) is 24.8. The highest BCUT2D eigenvalue weighted by Gasteiger charge is 2.57. The summed E-state index contributed by atoms with van der Waals surface area (Å²) in [6, 6.07) is 14.9. The van der Waals surface area contributed by atoms with Gasteiger partial charge in [0.25, 0.3) is 0 Å². The van der Waals surface area contributed by atoms with Crippen LogP contribution in [0.2, 0.25) is 0 Å². The van der Waals surface area contributed by atoms with Gasteiger partial charge in [0.05, 0.1) is 0 Å². The van der Waals surface area contributed by atoms with Crippen LogP contribution >= 0.6 is 0 Å². The third kappa shape index (κ3) is 4.77. The number of carbonyl (C=O) groups is 2. The fraction of sp³-hybridized carbons (Fsp3) is 0.391. The average Bonchev–Trinajstić information content (AvgIpc) is 3.39. The van der Waals surface area contributed by atoms with Gasteiger partial charge in [-0.05, 0) is 80.1 Å². The molecule has 0 aromatic heterocycles. The van der Waals surface area contributed by atoms with Gasteiger partial charge in [0.15, 0.2) is 0 Å². The third-order valence-electron chi connectivity index (χ3n) is 6.03. The Morgan fingerprint density at radius 2 is 1.72 bits per heavy atom. The SMILES string of the molecule is Cc1cccc(NC(=O)Nc2cccc(CNC(=O)C3CC34CCNCC4)c2)c1. The molecule has 1 saturated heterocycles.